The number of hydrogen-bond donors (Lipinski definition) is 0. The summed E-state index contributed by atoms with van der Waals surface area (Å²) in [6, 6.07) is 2.75. The van der Waals surface area contributed by atoms with Crippen molar-refractivity contribution in [2.45, 2.75) is 0 Å². The fourth-order valence-corrected chi connectivity index (χ4v) is 5.67. The first-order chi connectivity index (χ1) is 28.8. The molecule has 0 aliphatic rings. The normalized spacial score (nSPS) is 17.6. The van der Waals surface area contributed by atoms with E-state index in [9.17, 15) is 6.85 Å². The Bertz CT molecular complexity index is 3430. The smallest absolute Gasteiger partial charge is 0.143 e. The van der Waals surface area contributed by atoms with Gasteiger partial charge in [-0.3, -0.25) is 0 Å². The predicted molar refractivity (Wildman–Crippen MR) is 183 cm³/mol. The summed E-state index contributed by atoms with van der Waals surface area (Å²) in [5.74, 6) is 0. The van der Waals surface area contributed by atoms with E-state index in [1.165, 1.54) is 0 Å². The Morgan fingerprint density at radius 1 is 0.419 bits per heavy atom. The van der Waals surface area contributed by atoms with Crippen LogP contribution in [0.1, 0.15) is 24.7 Å². The summed E-state index contributed by atoms with van der Waals surface area (Å²) < 4.78 is 164. The molecule has 8 aromatic carbocycles. The van der Waals surface area contributed by atoms with Gasteiger partial charge in [0, 0.05) is 16.3 Å². The van der Waals surface area contributed by atoms with Crippen molar-refractivity contribution in [1.82, 2.24) is 0 Å². The van der Waals surface area contributed by atoms with E-state index < -0.39 is 120 Å². The first kappa shape index (κ1) is 12.3. The lowest BCUT2D eigenvalue weighted by Gasteiger charge is -2.18. The highest BCUT2D eigenvalue weighted by Gasteiger charge is 2.18. The van der Waals surface area contributed by atoms with E-state index in [4.69, 9.17) is 22.2 Å². The molecule has 0 N–H and O–H groups in total. The van der Waals surface area contributed by atoms with Crippen LogP contribution in [0.15, 0.2) is 162 Å². The standard InChI is InChI=1S/C42H26O/c1-2-12-28(13-3-1)32-19-10-20-38-33-24-23-31(26-39(33)43-42(32)38)41-36-17-8-6-15-34(36)40(35-16-7-9-18-37(35)41)30-22-21-27-11-4-5-14-29(27)25-30/h1-26H/i1D,2D,3D,4D,5D,10D,11D,12D,13D,14D,19D,20D,21D,22D,23D,24D,25D,26D. The van der Waals surface area contributed by atoms with Gasteiger partial charge >= 0.3 is 0 Å². The molecule has 0 aliphatic carbocycles. The summed E-state index contributed by atoms with van der Waals surface area (Å²) in [4.78, 5) is 0. The van der Waals surface area contributed by atoms with Crippen LogP contribution in [0.4, 0.5) is 0 Å². The third kappa shape index (κ3) is 3.72. The molecule has 9 rings (SSSR count). The summed E-state index contributed by atoms with van der Waals surface area (Å²) in [5, 5.41) is 0.507. The lowest BCUT2D eigenvalue weighted by molar-refractivity contribution is 0.670. The molecule has 0 unspecified atom stereocenters. The molecule has 9 aromatic rings. The summed E-state index contributed by atoms with van der Waals surface area (Å²) in [6.45, 7) is 0. The van der Waals surface area contributed by atoms with Crippen molar-refractivity contribution in [2.24, 2.45) is 0 Å². The maximum atomic E-state index is 9.65. The second kappa shape index (κ2) is 9.44. The SMILES string of the molecule is [2H]c1c([2H])c([2H])c(-c2c([2H])c([2H])c([2H])c3c2oc2c([2H])c(-c4c5ccccc5c(-c5c([2H])c([2H])c6c([2H])c([2H])c([2H])c([2H])c6c5[2H])c5ccccc45)c([2H])c([2H])c23)c([2H])c1[2H]. The molecule has 1 heterocycles. The minimum Gasteiger partial charge on any atom is -0.455 e. The Labute approximate surface area is 274 Å². The molecule has 1 nitrogen and oxygen atoms in total. The van der Waals surface area contributed by atoms with Gasteiger partial charge in [0.15, 0.2) is 0 Å². The Morgan fingerprint density at radius 3 is 1.72 bits per heavy atom. The third-order valence-electron chi connectivity index (χ3n) is 7.49. The zero-order valence-electron chi connectivity index (χ0n) is 40.0. The van der Waals surface area contributed by atoms with Gasteiger partial charge in [-0.1, -0.05) is 139 Å². The maximum Gasteiger partial charge on any atom is 0.143 e. The van der Waals surface area contributed by atoms with E-state index >= 15 is 0 Å². The molecule has 0 spiro atoms. The number of benzene rings is 8. The van der Waals surface area contributed by atoms with Crippen molar-refractivity contribution in [3.63, 3.8) is 0 Å². The van der Waals surface area contributed by atoms with E-state index in [2.05, 4.69) is 0 Å². The third-order valence-corrected chi connectivity index (χ3v) is 7.49. The van der Waals surface area contributed by atoms with Crippen LogP contribution < -0.4 is 0 Å². The average Bonchev–Trinajstić information content (AvgIpc) is 3.65. The number of rotatable bonds is 3. The fourth-order valence-electron chi connectivity index (χ4n) is 5.67. The fraction of sp³-hybridized carbons (Fsp3) is 0. The Morgan fingerprint density at radius 2 is 1.02 bits per heavy atom. The number of fused-ring (bicyclic) bond motifs is 6. The topological polar surface area (TPSA) is 13.1 Å². The van der Waals surface area contributed by atoms with E-state index in [0.29, 0.717) is 21.5 Å². The van der Waals surface area contributed by atoms with Gasteiger partial charge in [0.2, 0.25) is 0 Å². The van der Waals surface area contributed by atoms with E-state index in [-0.39, 0.29) is 55.0 Å². The molecule has 0 amide bonds. The molecule has 0 atom stereocenters. The van der Waals surface area contributed by atoms with Gasteiger partial charge in [-0.25, -0.2) is 0 Å². The average molecular weight is 565 g/mol. The highest BCUT2D eigenvalue weighted by Crippen LogP contribution is 2.45. The van der Waals surface area contributed by atoms with Crippen molar-refractivity contribution < 1.29 is 29.1 Å². The molecule has 1 aromatic heterocycles. The molecule has 200 valence electrons. The molecule has 0 saturated heterocycles. The van der Waals surface area contributed by atoms with Crippen LogP contribution in [0.2, 0.25) is 0 Å². The lowest BCUT2D eigenvalue weighted by Crippen LogP contribution is -1.90. The van der Waals surface area contributed by atoms with Crippen molar-refractivity contribution >= 4 is 54.3 Å². The van der Waals surface area contributed by atoms with Crippen LogP contribution in [0, 0.1) is 0 Å². The highest BCUT2D eigenvalue weighted by atomic mass is 16.3. The van der Waals surface area contributed by atoms with Crippen molar-refractivity contribution in [1.29, 1.82) is 0 Å². The molecule has 0 radical (unpaired) electrons. The Hall–Kier alpha value is -5.66. The summed E-state index contributed by atoms with van der Waals surface area (Å²) in [6.07, 6.45) is 0. The van der Waals surface area contributed by atoms with Crippen LogP contribution in [0.25, 0.3) is 87.6 Å². The van der Waals surface area contributed by atoms with Gasteiger partial charge in [-0.2, -0.15) is 0 Å². The largest absolute Gasteiger partial charge is 0.455 e. The molecule has 43 heavy (non-hydrogen) atoms. The van der Waals surface area contributed by atoms with Crippen LogP contribution >= 0.6 is 0 Å². The molecular formula is C42H26O. The number of para-hydroxylation sites is 1. The molecule has 1 heteroatoms. The second-order valence-corrected chi connectivity index (χ2v) is 9.85. The molecule has 0 bridgehead atoms. The Balaban J connectivity index is 1.44. The van der Waals surface area contributed by atoms with Crippen LogP contribution in [-0.4, -0.2) is 0 Å². The minimum atomic E-state index is -0.719. The molecule has 0 fully saturated rings. The monoisotopic (exact) mass is 564 g/mol. The van der Waals surface area contributed by atoms with E-state index in [0.717, 1.165) is 0 Å². The number of furan rings is 1. The van der Waals surface area contributed by atoms with Gasteiger partial charge in [-0.05, 0) is 78.3 Å². The van der Waals surface area contributed by atoms with Crippen molar-refractivity contribution in [3.05, 3.63) is 157 Å². The van der Waals surface area contributed by atoms with Gasteiger partial charge in [0.05, 0.1) is 24.7 Å². The van der Waals surface area contributed by atoms with Gasteiger partial charge in [0.1, 0.15) is 11.2 Å². The van der Waals surface area contributed by atoms with Gasteiger partial charge < -0.3 is 4.42 Å². The van der Waals surface area contributed by atoms with Crippen molar-refractivity contribution in [2.75, 3.05) is 0 Å². The van der Waals surface area contributed by atoms with Crippen LogP contribution in [0.5, 0.6) is 0 Å². The summed E-state index contributed by atoms with van der Waals surface area (Å²) >= 11 is 0. The molecular weight excluding hydrogens is 520 g/mol. The zero-order valence-corrected chi connectivity index (χ0v) is 22.0. The minimum absolute atomic E-state index is 0.0897. The van der Waals surface area contributed by atoms with E-state index in [1.54, 1.807) is 48.5 Å². The predicted octanol–water partition coefficient (Wildman–Crippen LogP) is 12.0. The maximum absolute atomic E-state index is 9.65. The molecule has 0 aliphatic heterocycles. The van der Waals surface area contributed by atoms with Crippen LogP contribution in [0.3, 0.4) is 0 Å². The van der Waals surface area contributed by atoms with E-state index in [1.807, 2.05) is 0 Å². The first-order valence-corrected chi connectivity index (χ1v) is 13.3. The lowest BCUT2D eigenvalue weighted by atomic mass is 9.85. The van der Waals surface area contributed by atoms with Crippen LogP contribution in [-0.2, 0) is 0 Å². The zero-order chi connectivity index (χ0) is 44.0. The Kier molecular flexibility index (Phi) is 2.70. The number of hydrogen-bond acceptors (Lipinski definition) is 1. The first-order valence-electron chi connectivity index (χ1n) is 22.3. The quantitative estimate of drug-likeness (QED) is 0.195. The van der Waals surface area contributed by atoms with Gasteiger partial charge in [0.25, 0.3) is 0 Å². The highest BCUT2D eigenvalue weighted by molar-refractivity contribution is 6.22. The molecule has 0 saturated carbocycles. The van der Waals surface area contributed by atoms with Crippen molar-refractivity contribution in [3.8, 4) is 33.4 Å². The van der Waals surface area contributed by atoms with Gasteiger partial charge in [-0.15, -0.1) is 0 Å². The second-order valence-electron chi connectivity index (χ2n) is 9.85. The summed E-state index contributed by atoms with van der Waals surface area (Å²) in [5.41, 5.74) is -1.28. The summed E-state index contributed by atoms with van der Waals surface area (Å²) in [7, 11) is 0.